The Kier molecular flexibility index (Phi) is 4.91. The Morgan fingerprint density at radius 2 is 2.12 bits per heavy atom. The molecule has 1 atom stereocenters. The summed E-state index contributed by atoms with van der Waals surface area (Å²) in [5.74, 6) is -0.0881. The molecule has 0 spiro atoms. The molecule has 0 aromatic carbocycles. The average Bonchev–Trinajstić information content (AvgIpc) is 2.38. The Hall–Kier alpha value is -0.650. The second-order valence-corrected chi connectivity index (χ2v) is 4.84. The maximum absolute atomic E-state index is 12.2. The summed E-state index contributed by atoms with van der Waals surface area (Å²) in [5.41, 5.74) is 4.70. The number of amides is 1. The van der Waals surface area contributed by atoms with E-state index in [9.17, 15) is 4.79 Å². The smallest absolute Gasteiger partial charge is 0.252 e. The largest absolute Gasteiger partial charge is 0.381 e. The molecule has 17 heavy (non-hydrogen) atoms. The quantitative estimate of drug-likeness (QED) is 0.735. The van der Waals surface area contributed by atoms with E-state index in [0.29, 0.717) is 26.2 Å². The van der Waals surface area contributed by atoms with E-state index in [1.807, 2.05) is 6.92 Å². The van der Waals surface area contributed by atoms with Gasteiger partial charge < -0.3 is 20.5 Å². The third-order valence-corrected chi connectivity index (χ3v) is 3.82. The molecule has 1 aliphatic heterocycles. The van der Waals surface area contributed by atoms with E-state index in [0.717, 1.165) is 12.8 Å². The Bertz CT molecular complexity index is 258. The van der Waals surface area contributed by atoms with Crippen molar-refractivity contribution in [1.29, 1.82) is 0 Å². The van der Waals surface area contributed by atoms with Gasteiger partial charge in [-0.3, -0.25) is 4.79 Å². The van der Waals surface area contributed by atoms with Gasteiger partial charge in [0.05, 0.1) is 5.54 Å². The molecule has 1 saturated heterocycles. The van der Waals surface area contributed by atoms with Crippen LogP contribution in [-0.4, -0.2) is 43.9 Å². The van der Waals surface area contributed by atoms with Crippen molar-refractivity contribution in [1.82, 2.24) is 5.32 Å². The summed E-state index contributed by atoms with van der Waals surface area (Å²) in [6.45, 7) is 5.46. The predicted octanol–water partition coefficient (Wildman–Crippen LogP) is 0.426. The molecule has 1 amide bonds. The highest BCUT2D eigenvalue weighted by atomic mass is 16.5. The first-order valence-corrected chi connectivity index (χ1v) is 6.17. The van der Waals surface area contributed by atoms with E-state index in [1.54, 1.807) is 14.0 Å². The van der Waals surface area contributed by atoms with E-state index >= 15 is 0 Å². The van der Waals surface area contributed by atoms with Gasteiger partial charge in [0.1, 0.15) is 5.60 Å². The maximum Gasteiger partial charge on any atom is 0.252 e. The monoisotopic (exact) mass is 244 g/mol. The number of methoxy groups -OCH3 is 1. The van der Waals surface area contributed by atoms with E-state index in [4.69, 9.17) is 15.2 Å². The van der Waals surface area contributed by atoms with Gasteiger partial charge in [-0.15, -0.1) is 0 Å². The van der Waals surface area contributed by atoms with Crippen LogP contribution in [0.15, 0.2) is 0 Å². The van der Waals surface area contributed by atoms with Gasteiger partial charge in [-0.05, 0) is 26.2 Å². The number of hydrogen-bond acceptors (Lipinski definition) is 4. The zero-order chi connectivity index (χ0) is 12.9. The van der Waals surface area contributed by atoms with Crippen molar-refractivity contribution < 1.29 is 14.3 Å². The summed E-state index contributed by atoms with van der Waals surface area (Å²) in [4.78, 5) is 12.2. The van der Waals surface area contributed by atoms with Gasteiger partial charge >= 0.3 is 0 Å². The number of carbonyl (C=O) groups excluding carboxylic acids is 1. The van der Waals surface area contributed by atoms with Crippen molar-refractivity contribution in [3.63, 3.8) is 0 Å². The number of carbonyl (C=O) groups is 1. The van der Waals surface area contributed by atoms with Gasteiger partial charge in [-0.2, -0.15) is 0 Å². The highest BCUT2D eigenvalue weighted by Gasteiger charge is 2.39. The molecule has 5 heteroatoms. The summed E-state index contributed by atoms with van der Waals surface area (Å²) in [5, 5.41) is 3.06. The molecule has 1 aliphatic rings. The molecule has 0 aromatic rings. The minimum absolute atomic E-state index is 0.0881. The van der Waals surface area contributed by atoms with Gasteiger partial charge in [-0.1, -0.05) is 6.92 Å². The Morgan fingerprint density at radius 3 is 2.53 bits per heavy atom. The Labute approximate surface area is 103 Å². The number of nitrogens with one attached hydrogen (secondary N) is 1. The molecule has 0 saturated carbocycles. The van der Waals surface area contributed by atoms with Crippen LogP contribution in [0.1, 0.15) is 33.1 Å². The molecule has 100 valence electrons. The van der Waals surface area contributed by atoms with Crippen LogP contribution in [-0.2, 0) is 14.3 Å². The second-order valence-electron chi connectivity index (χ2n) is 4.84. The molecule has 0 radical (unpaired) electrons. The van der Waals surface area contributed by atoms with Gasteiger partial charge in [0.25, 0.3) is 5.91 Å². The molecule has 1 unspecified atom stereocenters. The zero-order valence-electron chi connectivity index (χ0n) is 11.0. The van der Waals surface area contributed by atoms with E-state index in [1.165, 1.54) is 0 Å². The molecule has 5 nitrogen and oxygen atoms in total. The van der Waals surface area contributed by atoms with Crippen molar-refractivity contribution in [3.8, 4) is 0 Å². The highest BCUT2D eigenvalue weighted by Crippen LogP contribution is 2.22. The van der Waals surface area contributed by atoms with Crippen LogP contribution in [0.25, 0.3) is 0 Å². The summed E-state index contributed by atoms with van der Waals surface area (Å²) in [6.07, 6.45) is 2.16. The van der Waals surface area contributed by atoms with Crippen LogP contribution >= 0.6 is 0 Å². The summed E-state index contributed by atoms with van der Waals surface area (Å²) in [7, 11) is 1.56. The molecule has 1 heterocycles. The number of rotatable bonds is 5. The van der Waals surface area contributed by atoms with E-state index in [-0.39, 0.29) is 11.4 Å². The third kappa shape index (κ3) is 3.18. The summed E-state index contributed by atoms with van der Waals surface area (Å²) < 4.78 is 10.6. The number of ether oxygens (including phenoxy) is 2. The minimum Gasteiger partial charge on any atom is -0.381 e. The van der Waals surface area contributed by atoms with Crippen molar-refractivity contribution in [2.24, 2.45) is 5.73 Å². The lowest BCUT2D eigenvalue weighted by atomic mass is 9.88. The highest BCUT2D eigenvalue weighted by molar-refractivity contribution is 5.85. The first-order chi connectivity index (χ1) is 8.02. The van der Waals surface area contributed by atoms with Gasteiger partial charge in [-0.25, -0.2) is 0 Å². The lowest BCUT2D eigenvalue weighted by Crippen LogP contribution is -2.61. The van der Waals surface area contributed by atoms with Gasteiger partial charge in [0.15, 0.2) is 0 Å². The predicted molar refractivity (Wildman–Crippen MR) is 65.7 cm³/mol. The van der Waals surface area contributed by atoms with Crippen molar-refractivity contribution in [2.45, 2.75) is 44.2 Å². The molecule has 3 N–H and O–H groups in total. The van der Waals surface area contributed by atoms with Crippen LogP contribution in [0.2, 0.25) is 0 Å². The molecule has 1 rings (SSSR count). The molecular formula is C12H24N2O3. The molecule has 0 aliphatic carbocycles. The third-order valence-electron chi connectivity index (χ3n) is 3.82. The van der Waals surface area contributed by atoms with Gasteiger partial charge in [0, 0.05) is 26.9 Å². The first-order valence-electron chi connectivity index (χ1n) is 6.17. The zero-order valence-corrected chi connectivity index (χ0v) is 11.0. The summed E-state index contributed by atoms with van der Waals surface area (Å²) >= 11 is 0. The number of nitrogens with two attached hydrogens (primary N) is 1. The van der Waals surface area contributed by atoms with Crippen molar-refractivity contribution in [2.75, 3.05) is 26.9 Å². The minimum atomic E-state index is -0.777. The normalized spacial score (nSPS) is 22.8. The molecule has 1 fully saturated rings. The molecular weight excluding hydrogens is 220 g/mol. The fourth-order valence-electron chi connectivity index (χ4n) is 1.91. The summed E-state index contributed by atoms with van der Waals surface area (Å²) in [6, 6.07) is 0. The second kappa shape index (κ2) is 5.80. The fourth-order valence-corrected chi connectivity index (χ4v) is 1.91. The van der Waals surface area contributed by atoms with Crippen molar-refractivity contribution in [3.05, 3.63) is 0 Å². The first kappa shape index (κ1) is 14.4. The van der Waals surface area contributed by atoms with Gasteiger partial charge in [0.2, 0.25) is 0 Å². The van der Waals surface area contributed by atoms with E-state index in [2.05, 4.69) is 5.32 Å². The van der Waals surface area contributed by atoms with Crippen LogP contribution in [0.4, 0.5) is 0 Å². The lowest BCUT2D eigenvalue weighted by Gasteiger charge is -2.39. The van der Waals surface area contributed by atoms with Crippen LogP contribution in [0.3, 0.4) is 0 Å². The Morgan fingerprint density at radius 1 is 1.53 bits per heavy atom. The van der Waals surface area contributed by atoms with E-state index < -0.39 is 5.60 Å². The molecule has 0 bridgehead atoms. The molecule has 0 aromatic heterocycles. The fraction of sp³-hybridized carbons (Fsp3) is 0.917. The maximum atomic E-state index is 12.2. The van der Waals surface area contributed by atoms with Crippen LogP contribution < -0.4 is 11.1 Å². The standard InChI is InChI=1S/C12H24N2O3/c1-4-11(2,16-3)10(15)14-12(9-13)5-7-17-8-6-12/h4-9,13H2,1-3H3,(H,14,15). The van der Waals surface area contributed by atoms with Crippen molar-refractivity contribution >= 4 is 5.91 Å². The van der Waals surface area contributed by atoms with Crippen LogP contribution in [0, 0.1) is 0 Å². The topological polar surface area (TPSA) is 73.6 Å². The SMILES string of the molecule is CCC(C)(OC)C(=O)NC1(CN)CCOCC1. The number of hydrogen-bond donors (Lipinski definition) is 2. The lowest BCUT2D eigenvalue weighted by molar-refractivity contribution is -0.145. The Balaban J connectivity index is 2.70. The average molecular weight is 244 g/mol. The van der Waals surface area contributed by atoms with Crippen LogP contribution in [0.5, 0.6) is 0 Å².